The predicted octanol–water partition coefficient (Wildman–Crippen LogP) is 1.30. The van der Waals surface area contributed by atoms with Crippen LogP contribution in [0.5, 0.6) is 5.75 Å². The van der Waals surface area contributed by atoms with Crippen molar-refractivity contribution >= 4 is 0 Å². The number of hydrogen-bond donors (Lipinski definition) is 2. The Morgan fingerprint density at radius 2 is 2.27 bits per heavy atom. The first-order valence-electron chi connectivity index (χ1n) is 4.85. The number of nitrogens with one attached hydrogen (secondary N) is 1. The fraction of sp³-hybridized carbons (Fsp3) is 0.455. The van der Waals surface area contributed by atoms with Gasteiger partial charge in [-0.1, -0.05) is 12.1 Å². The third kappa shape index (κ3) is 3.49. The second-order valence-corrected chi connectivity index (χ2v) is 3.41. The normalized spacial score (nSPS) is 12.5. The Kier molecular flexibility index (Phi) is 4.52. The van der Waals surface area contributed by atoms with Gasteiger partial charge < -0.3 is 15.2 Å². The highest BCUT2D eigenvalue weighted by Gasteiger charge is 2.07. The topological polar surface area (TPSA) is 41.5 Å². The monoisotopic (exact) mass is 213 g/mol. The molecule has 0 aliphatic heterocycles. The first-order chi connectivity index (χ1) is 7.15. The minimum atomic E-state index is -0.432. The SMILES string of the molecule is COc1cccc(CNCC(C)O)c1F. The summed E-state index contributed by atoms with van der Waals surface area (Å²) in [5, 5.41) is 12.0. The Bertz CT molecular complexity index is 315. The second-order valence-electron chi connectivity index (χ2n) is 3.41. The van der Waals surface area contributed by atoms with Gasteiger partial charge in [-0.2, -0.15) is 0 Å². The van der Waals surface area contributed by atoms with Gasteiger partial charge >= 0.3 is 0 Å². The molecule has 0 fully saturated rings. The third-order valence-corrected chi connectivity index (χ3v) is 2.02. The Morgan fingerprint density at radius 3 is 2.87 bits per heavy atom. The summed E-state index contributed by atoms with van der Waals surface area (Å²) in [4.78, 5) is 0. The maximum Gasteiger partial charge on any atom is 0.169 e. The number of aliphatic hydroxyl groups excluding tert-OH is 1. The van der Waals surface area contributed by atoms with E-state index in [-0.39, 0.29) is 11.6 Å². The first kappa shape index (κ1) is 11.9. The predicted molar refractivity (Wildman–Crippen MR) is 56.3 cm³/mol. The van der Waals surface area contributed by atoms with Gasteiger partial charge in [0.05, 0.1) is 13.2 Å². The van der Waals surface area contributed by atoms with Crippen LogP contribution in [-0.4, -0.2) is 24.9 Å². The zero-order valence-electron chi connectivity index (χ0n) is 8.96. The van der Waals surface area contributed by atoms with Crippen LogP contribution in [0.3, 0.4) is 0 Å². The highest BCUT2D eigenvalue weighted by atomic mass is 19.1. The summed E-state index contributed by atoms with van der Waals surface area (Å²) < 4.78 is 18.4. The largest absolute Gasteiger partial charge is 0.494 e. The van der Waals surface area contributed by atoms with Gasteiger partial charge in [0.1, 0.15) is 0 Å². The lowest BCUT2D eigenvalue weighted by Crippen LogP contribution is -2.24. The molecular weight excluding hydrogens is 197 g/mol. The van der Waals surface area contributed by atoms with Gasteiger partial charge in [-0.05, 0) is 13.0 Å². The van der Waals surface area contributed by atoms with E-state index in [2.05, 4.69) is 5.32 Å². The highest BCUT2D eigenvalue weighted by molar-refractivity contribution is 5.30. The zero-order valence-corrected chi connectivity index (χ0v) is 8.96. The van der Waals surface area contributed by atoms with Crippen molar-refractivity contribution in [3.63, 3.8) is 0 Å². The van der Waals surface area contributed by atoms with Gasteiger partial charge in [-0.15, -0.1) is 0 Å². The molecule has 1 rings (SSSR count). The molecule has 1 atom stereocenters. The van der Waals surface area contributed by atoms with Crippen LogP contribution in [-0.2, 0) is 6.54 Å². The van der Waals surface area contributed by atoms with Crippen LogP contribution >= 0.6 is 0 Å². The van der Waals surface area contributed by atoms with Crippen molar-refractivity contribution in [3.05, 3.63) is 29.6 Å². The van der Waals surface area contributed by atoms with E-state index in [4.69, 9.17) is 9.84 Å². The number of methoxy groups -OCH3 is 1. The molecule has 0 aromatic heterocycles. The van der Waals surface area contributed by atoms with E-state index >= 15 is 0 Å². The average Bonchev–Trinajstić information content (AvgIpc) is 2.20. The van der Waals surface area contributed by atoms with Crippen molar-refractivity contribution in [3.8, 4) is 5.75 Å². The maximum atomic E-state index is 13.6. The molecule has 15 heavy (non-hydrogen) atoms. The Labute approximate surface area is 88.9 Å². The number of halogens is 1. The molecular formula is C11H16FNO2. The van der Waals surface area contributed by atoms with Crippen molar-refractivity contribution in [1.29, 1.82) is 0 Å². The van der Waals surface area contributed by atoms with Crippen LogP contribution in [0.1, 0.15) is 12.5 Å². The lowest BCUT2D eigenvalue weighted by molar-refractivity contribution is 0.190. The molecule has 1 aromatic rings. The van der Waals surface area contributed by atoms with Crippen LogP contribution in [0, 0.1) is 5.82 Å². The molecule has 2 N–H and O–H groups in total. The summed E-state index contributed by atoms with van der Waals surface area (Å²) in [6.45, 7) is 2.50. The van der Waals surface area contributed by atoms with Gasteiger partial charge in [-0.3, -0.25) is 0 Å². The van der Waals surface area contributed by atoms with E-state index in [1.807, 2.05) is 0 Å². The van der Waals surface area contributed by atoms with E-state index in [1.165, 1.54) is 7.11 Å². The summed E-state index contributed by atoms with van der Waals surface area (Å²) in [7, 11) is 1.44. The van der Waals surface area contributed by atoms with Crippen molar-refractivity contribution in [2.24, 2.45) is 0 Å². The Balaban J connectivity index is 2.61. The van der Waals surface area contributed by atoms with Gasteiger partial charge in [-0.25, -0.2) is 4.39 Å². The minimum Gasteiger partial charge on any atom is -0.494 e. The molecule has 0 saturated heterocycles. The summed E-state index contributed by atoms with van der Waals surface area (Å²) in [6.07, 6.45) is -0.432. The van der Waals surface area contributed by atoms with E-state index < -0.39 is 6.10 Å². The zero-order chi connectivity index (χ0) is 11.3. The van der Waals surface area contributed by atoms with Crippen molar-refractivity contribution in [2.45, 2.75) is 19.6 Å². The molecule has 4 heteroatoms. The molecule has 1 aromatic carbocycles. The van der Waals surface area contributed by atoms with Crippen molar-refractivity contribution in [1.82, 2.24) is 5.32 Å². The lowest BCUT2D eigenvalue weighted by atomic mass is 10.2. The van der Waals surface area contributed by atoms with Crippen LogP contribution in [0.25, 0.3) is 0 Å². The highest BCUT2D eigenvalue weighted by Crippen LogP contribution is 2.19. The summed E-state index contributed by atoms with van der Waals surface area (Å²) in [5.41, 5.74) is 0.537. The number of benzene rings is 1. The molecule has 0 saturated carbocycles. The standard InChI is InChI=1S/C11H16FNO2/c1-8(14)6-13-7-9-4-3-5-10(15-2)11(9)12/h3-5,8,13-14H,6-7H2,1-2H3. The van der Waals surface area contributed by atoms with Crippen LogP contribution in [0.15, 0.2) is 18.2 Å². The summed E-state index contributed by atoms with van der Waals surface area (Å²) in [6, 6.07) is 5.00. The Hall–Kier alpha value is -1.13. The molecule has 0 aliphatic carbocycles. The van der Waals surface area contributed by atoms with Crippen LogP contribution in [0.2, 0.25) is 0 Å². The Morgan fingerprint density at radius 1 is 1.53 bits per heavy atom. The molecule has 0 bridgehead atoms. The van der Waals surface area contributed by atoms with E-state index in [0.29, 0.717) is 18.7 Å². The number of hydrogen-bond acceptors (Lipinski definition) is 3. The smallest absolute Gasteiger partial charge is 0.169 e. The van der Waals surface area contributed by atoms with Gasteiger partial charge in [0.25, 0.3) is 0 Å². The summed E-state index contributed by atoms with van der Waals surface area (Å²) in [5.74, 6) is -0.107. The molecule has 0 amide bonds. The second kappa shape index (κ2) is 5.68. The molecule has 84 valence electrons. The number of rotatable bonds is 5. The van der Waals surface area contributed by atoms with Crippen molar-refractivity contribution in [2.75, 3.05) is 13.7 Å². The van der Waals surface area contributed by atoms with Crippen LogP contribution < -0.4 is 10.1 Å². The van der Waals surface area contributed by atoms with Crippen LogP contribution in [0.4, 0.5) is 4.39 Å². The maximum absolute atomic E-state index is 13.6. The average molecular weight is 213 g/mol. The van der Waals surface area contributed by atoms with Gasteiger partial charge in [0.2, 0.25) is 0 Å². The molecule has 0 aliphatic rings. The molecule has 3 nitrogen and oxygen atoms in total. The van der Waals surface area contributed by atoms with E-state index in [0.717, 1.165) is 0 Å². The minimum absolute atomic E-state index is 0.242. The number of ether oxygens (including phenoxy) is 1. The summed E-state index contributed by atoms with van der Waals surface area (Å²) >= 11 is 0. The molecule has 1 unspecified atom stereocenters. The van der Waals surface area contributed by atoms with E-state index in [1.54, 1.807) is 25.1 Å². The fourth-order valence-corrected chi connectivity index (χ4v) is 1.27. The van der Waals surface area contributed by atoms with Gasteiger partial charge in [0, 0.05) is 18.7 Å². The molecule has 0 heterocycles. The fourth-order valence-electron chi connectivity index (χ4n) is 1.27. The number of aliphatic hydroxyl groups is 1. The molecule has 0 spiro atoms. The third-order valence-electron chi connectivity index (χ3n) is 2.02. The molecule has 0 radical (unpaired) electrons. The van der Waals surface area contributed by atoms with E-state index in [9.17, 15) is 4.39 Å². The quantitative estimate of drug-likeness (QED) is 0.774. The first-order valence-corrected chi connectivity index (χ1v) is 4.85. The van der Waals surface area contributed by atoms with Crippen molar-refractivity contribution < 1.29 is 14.2 Å². The lowest BCUT2D eigenvalue weighted by Gasteiger charge is -2.09. The van der Waals surface area contributed by atoms with Gasteiger partial charge in [0.15, 0.2) is 11.6 Å².